The Morgan fingerprint density at radius 2 is 1.92 bits per heavy atom. The lowest BCUT2D eigenvalue weighted by Gasteiger charge is -2.33. The summed E-state index contributed by atoms with van der Waals surface area (Å²) in [5, 5.41) is 3.20. The molecule has 140 valence electrons. The van der Waals surface area contributed by atoms with E-state index in [1.807, 2.05) is 32.8 Å². The Hall–Kier alpha value is -1.59. The first kappa shape index (κ1) is 19.7. The van der Waals surface area contributed by atoms with Gasteiger partial charge in [-0.2, -0.15) is 0 Å². The van der Waals surface area contributed by atoms with Gasteiger partial charge >= 0.3 is 6.03 Å². The molecule has 0 spiro atoms. The Morgan fingerprint density at radius 1 is 1.24 bits per heavy atom. The summed E-state index contributed by atoms with van der Waals surface area (Å²) in [6.45, 7) is 9.16. The third-order valence-electron chi connectivity index (χ3n) is 4.75. The van der Waals surface area contributed by atoms with Crippen molar-refractivity contribution in [3.05, 3.63) is 35.4 Å². The molecule has 1 aromatic carbocycles. The Bertz CT molecular complexity index is 549. The van der Waals surface area contributed by atoms with Crippen molar-refractivity contribution in [3.8, 4) is 0 Å². The lowest BCUT2D eigenvalue weighted by atomic mass is 9.93. The van der Waals surface area contributed by atoms with Crippen molar-refractivity contribution in [2.24, 2.45) is 0 Å². The fourth-order valence-electron chi connectivity index (χ4n) is 3.02. The van der Waals surface area contributed by atoms with Crippen molar-refractivity contribution in [2.75, 3.05) is 40.3 Å². The first-order valence-corrected chi connectivity index (χ1v) is 9.18. The number of rotatable bonds is 7. The number of urea groups is 1. The van der Waals surface area contributed by atoms with Crippen molar-refractivity contribution in [1.29, 1.82) is 0 Å². The molecule has 1 aliphatic rings. The van der Waals surface area contributed by atoms with Crippen LogP contribution in [0.25, 0.3) is 0 Å². The molecule has 1 aliphatic heterocycles. The van der Waals surface area contributed by atoms with Gasteiger partial charge < -0.3 is 19.9 Å². The number of nitrogens with zero attached hydrogens (tertiary/aromatic N) is 2. The second-order valence-corrected chi connectivity index (χ2v) is 7.81. The minimum absolute atomic E-state index is 0.0251. The fourth-order valence-corrected chi connectivity index (χ4v) is 3.02. The summed E-state index contributed by atoms with van der Waals surface area (Å²) < 4.78 is 5.73. The summed E-state index contributed by atoms with van der Waals surface area (Å²) in [7, 11) is 4.05. The Kier molecular flexibility index (Phi) is 6.85. The van der Waals surface area contributed by atoms with Crippen LogP contribution in [-0.4, -0.2) is 62.3 Å². The van der Waals surface area contributed by atoms with Crippen molar-refractivity contribution >= 4 is 6.03 Å². The van der Waals surface area contributed by atoms with Gasteiger partial charge in [0.25, 0.3) is 0 Å². The zero-order chi connectivity index (χ0) is 18.4. The summed E-state index contributed by atoms with van der Waals surface area (Å²) >= 11 is 0. The molecular weight excluding hydrogens is 314 g/mol. The molecule has 1 unspecified atom stereocenters. The predicted octanol–water partition coefficient (Wildman–Crippen LogP) is 2.98. The van der Waals surface area contributed by atoms with E-state index < -0.39 is 5.54 Å². The van der Waals surface area contributed by atoms with Gasteiger partial charge in [0.1, 0.15) is 0 Å². The number of hydrogen-bond acceptors (Lipinski definition) is 3. The maximum atomic E-state index is 12.9. The van der Waals surface area contributed by atoms with Crippen molar-refractivity contribution < 1.29 is 9.53 Å². The molecule has 1 N–H and O–H groups in total. The monoisotopic (exact) mass is 347 g/mol. The number of benzene rings is 1. The summed E-state index contributed by atoms with van der Waals surface area (Å²) in [6.07, 6.45) is 2.28. The minimum atomic E-state index is -0.419. The van der Waals surface area contributed by atoms with E-state index in [1.54, 1.807) is 0 Å². The van der Waals surface area contributed by atoms with Crippen LogP contribution in [-0.2, 0) is 10.3 Å². The smallest absolute Gasteiger partial charge is 0.318 e. The normalized spacial score (nSPS) is 17.8. The molecule has 1 saturated heterocycles. The van der Waals surface area contributed by atoms with Crippen LogP contribution >= 0.6 is 0 Å². The van der Waals surface area contributed by atoms with E-state index in [9.17, 15) is 4.79 Å². The quantitative estimate of drug-likeness (QED) is 0.825. The highest BCUT2D eigenvalue weighted by Gasteiger charge is 2.28. The van der Waals surface area contributed by atoms with Crippen LogP contribution in [0, 0.1) is 6.92 Å². The summed E-state index contributed by atoms with van der Waals surface area (Å²) in [5.74, 6) is 0. The number of hydrogen-bond donors (Lipinski definition) is 1. The van der Waals surface area contributed by atoms with E-state index >= 15 is 0 Å². The molecule has 0 aromatic heterocycles. The average Bonchev–Trinajstić information content (AvgIpc) is 3.04. The zero-order valence-corrected chi connectivity index (χ0v) is 16.3. The fraction of sp³-hybridized carbons (Fsp3) is 0.650. The van der Waals surface area contributed by atoms with Gasteiger partial charge in [0.2, 0.25) is 0 Å². The van der Waals surface area contributed by atoms with Crippen molar-refractivity contribution in [1.82, 2.24) is 15.1 Å². The van der Waals surface area contributed by atoms with Gasteiger partial charge in [0, 0.05) is 26.2 Å². The van der Waals surface area contributed by atoms with Gasteiger partial charge in [-0.05, 0) is 53.3 Å². The molecule has 1 aromatic rings. The molecule has 0 radical (unpaired) electrons. The molecule has 1 heterocycles. The Morgan fingerprint density at radius 3 is 2.48 bits per heavy atom. The highest BCUT2D eigenvalue weighted by atomic mass is 16.5. The average molecular weight is 348 g/mol. The molecule has 0 saturated carbocycles. The van der Waals surface area contributed by atoms with E-state index in [0.29, 0.717) is 13.1 Å². The molecular formula is C20H33N3O2. The van der Waals surface area contributed by atoms with E-state index in [1.165, 1.54) is 5.56 Å². The first-order valence-electron chi connectivity index (χ1n) is 9.18. The number of carbonyl (C=O) groups is 1. The number of nitrogens with one attached hydrogen (secondary N) is 1. The van der Waals surface area contributed by atoms with Crippen LogP contribution in [0.2, 0.25) is 0 Å². The van der Waals surface area contributed by atoms with Gasteiger partial charge in [-0.25, -0.2) is 4.79 Å². The van der Waals surface area contributed by atoms with E-state index in [2.05, 4.69) is 41.4 Å². The molecule has 1 fully saturated rings. The molecule has 0 bridgehead atoms. The molecule has 2 rings (SSSR count). The third-order valence-corrected chi connectivity index (χ3v) is 4.75. The number of ether oxygens (including phenoxy) is 1. The van der Waals surface area contributed by atoms with E-state index in [-0.39, 0.29) is 12.1 Å². The van der Waals surface area contributed by atoms with E-state index in [0.717, 1.165) is 31.6 Å². The standard InChI is InChI=1S/C20H33N3O2/c1-16-8-10-17(11-9-16)20(2,3)21-19(24)23(13-12-22(4)5)15-18-7-6-14-25-18/h8-11,18H,6-7,12-15H2,1-5H3,(H,21,24). The minimum Gasteiger partial charge on any atom is -0.376 e. The number of carbonyl (C=O) groups excluding carboxylic acids is 1. The SMILES string of the molecule is Cc1ccc(C(C)(C)NC(=O)N(CCN(C)C)CC2CCCO2)cc1. The molecule has 25 heavy (non-hydrogen) atoms. The van der Waals surface area contributed by atoms with Crippen LogP contribution in [0.1, 0.15) is 37.8 Å². The highest BCUT2D eigenvalue weighted by molar-refractivity contribution is 5.75. The predicted molar refractivity (Wildman–Crippen MR) is 102 cm³/mol. The van der Waals surface area contributed by atoms with Gasteiger partial charge in [0.15, 0.2) is 0 Å². The highest BCUT2D eigenvalue weighted by Crippen LogP contribution is 2.21. The lowest BCUT2D eigenvalue weighted by Crippen LogP contribution is -2.51. The van der Waals surface area contributed by atoms with Crippen molar-refractivity contribution in [2.45, 2.75) is 45.3 Å². The van der Waals surface area contributed by atoms with Crippen LogP contribution in [0.15, 0.2) is 24.3 Å². The van der Waals surface area contributed by atoms with Gasteiger partial charge in [-0.1, -0.05) is 29.8 Å². The Balaban J connectivity index is 2.04. The molecule has 1 atom stereocenters. The summed E-state index contributed by atoms with van der Waals surface area (Å²) in [5.41, 5.74) is 1.91. The van der Waals surface area contributed by atoms with Gasteiger partial charge in [-0.3, -0.25) is 0 Å². The number of aryl methyl sites for hydroxylation is 1. The molecule has 0 aliphatic carbocycles. The van der Waals surface area contributed by atoms with Crippen LogP contribution in [0.4, 0.5) is 4.79 Å². The number of likely N-dealkylation sites (N-methyl/N-ethyl adjacent to an activating group) is 1. The second kappa shape index (κ2) is 8.68. The first-order chi connectivity index (χ1) is 11.8. The largest absolute Gasteiger partial charge is 0.376 e. The van der Waals surface area contributed by atoms with Crippen LogP contribution < -0.4 is 5.32 Å². The Labute approximate surface area is 152 Å². The van der Waals surface area contributed by atoms with Crippen LogP contribution in [0.3, 0.4) is 0 Å². The third kappa shape index (κ3) is 6.01. The summed E-state index contributed by atoms with van der Waals surface area (Å²) in [6, 6.07) is 8.31. The zero-order valence-electron chi connectivity index (χ0n) is 16.3. The van der Waals surface area contributed by atoms with Gasteiger partial charge in [-0.15, -0.1) is 0 Å². The molecule has 2 amide bonds. The second-order valence-electron chi connectivity index (χ2n) is 7.81. The van der Waals surface area contributed by atoms with Gasteiger partial charge in [0.05, 0.1) is 11.6 Å². The molecule has 5 heteroatoms. The van der Waals surface area contributed by atoms with E-state index in [4.69, 9.17) is 4.74 Å². The van der Waals surface area contributed by atoms with Crippen LogP contribution in [0.5, 0.6) is 0 Å². The maximum absolute atomic E-state index is 12.9. The molecule has 5 nitrogen and oxygen atoms in total. The number of amides is 2. The van der Waals surface area contributed by atoms with Crippen molar-refractivity contribution in [3.63, 3.8) is 0 Å². The lowest BCUT2D eigenvalue weighted by molar-refractivity contribution is 0.0780. The summed E-state index contributed by atoms with van der Waals surface area (Å²) in [4.78, 5) is 16.9. The topological polar surface area (TPSA) is 44.8 Å². The maximum Gasteiger partial charge on any atom is 0.318 e.